The number of nitrogens with one attached hydrogen (secondary N) is 1. The number of hydrogen-bond acceptors (Lipinski definition) is 3. The van der Waals surface area contributed by atoms with Crippen LogP contribution in [0.25, 0.3) is 0 Å². The molecule has 2 rings (SSSR count). The number of nitrogens with zero attached hydrogens (tertiary/aromatic N) is 1. The smallest absolute Gasteiger partial charge is 0.274 e. The minimum absolute atomic E-state index is 0.146. The van der Waals surface area contributed by atoms with Gasteiger partial charge in [0, 0.05) is 17.7 Å². The fourth-order valence-corrected chi connectivity index (χ4v) is 3.26. The Morgan fingerprint density at radius 2 is 2.16 bits per heavy atom. The molecule has 4 nitrogen and oxygen atoms in total. The highest BCUT2D eigenvalue weighted by Gasteiger charge is 2.27. The largest absolute Gasteiger partial charge is 0.317 e. The lowest BCUT2D eigenvalue weighted by Crippen LogP contribution is -2.37. The van der Waals surface area contributed by atoms with Gasteiger partial charge in [-0.05, 0) is 38.3 Å². The number of rotatable bonds is 4. The second-order valence-corrected chi connectivity index (χ2v) is 5.55. The van der Waals surface area contributed by atoms with Crippen molar-refractivity contribution in [3.63, 3.8) is 0 Å². The van der Waals surface area contributed by atoms with Gasteiger partial charge in [-0.25, -0.2) is 0 Å². The zero-order valence-electron chi connectivity index (χ0n) is 11.1. The summed E-state index contributed by atoms with van der Waals surface area (Å²) < 4.78 is 0. The van der Waals surface area contributed by atoms with Crippen LogP contribution in [0.15, 0.2) is 18.2 Å². The maximum atomic E-state index is 11.1. The van der Waals surface area contributed by atoms with Crippen LogP contribution in [0, 0.1) is 16.0 Å². The predicted molar refractivity (Wildman–Crippen MR) is 76.6 cm³/mol. The lowest BCUT2D eigenvalue weighted by Gasteiger charge is -2.31. The maximum Gasteiger partial charge on any atom is 0.274 e. The molecule has 0 radical (unpaired) electrons. The van der Waals surface area contributed by atoms with Crippen LogP contribution in [-0.2, 0) is 6.42 Å². The third-order valence-electron chi connectivity index (χ3n) is 4.04. The molecule has 1 aromatic carbocycles. The summed E-state index contributed by atoms with van der Waals surface area (Å²) >= 11 is 6.16. The van der Waals surface area contributed by atoms with Crippen LogP contribution in [0.1, 0.15) is 31.2 Å². The van der Waals surface area contributed by atoms with E-state index in [4.69, 9.17) is 11.6 Å². The summed E-state index contributed by atoms with van der Waals surface area (Å²) in [5.41, 5.74) is 0.828. The van der Waals surface area contributed by atoms with Crippen LogP contribution < -0.4 is 5.32 Å². The first kappa shape index (κ1) is 14.3. The highest BCUT2D eigenvalue weighted by atomic mass is 35.5. The van der Waals surface area contributed by atoms with Crippen LogP contribution in [0.3, 0.4) is 0 Å². The molecule has 1 aliphatic rings. The molecule has 0 aliphatic heterocycles. The Bertz CT molecular complexity index is 465. The fraction of sp³-hybridized carbons (Fsp3) is 0.571. The first-order chi connectivity index (χ1) is 9.13. The molecular formula is C14H19ClN2O2. The molecule has 0 heterocycles. The number of halogens is 1. The van der Waals surface area contributed by atoms with Gasteiger partial charge in [-0.2, -0.15) is 0 Å². The minimum Gasteiger partial charge on any atom is -0.317 e. The van der Waals surface area contributed by atoms with Gasteiger partial charge in [0.2, 0.25) is 0 Å². The summed E-state index contributed by atoms with van der Waals surface area (Å²) in [6.45, 7) is 0. The molecular weight excluding hydrogens is 264 g/mol. The summed E-state index contributed by atoms with van der Waals surface area (Å²) in [6, 6.07) is 5.35. The quantitative estimate of drug-likeness (QED) is 0.678. The van der Waals surface area contributed by atoms with E-state index in [1.807, 2.05) is 7.05 Å². The summed E-state index contributed by atoms with van der Waals surface area (Å²) in [5.74, 6) is 0.428. The van der Waals surface area contributed by atoms with Crippen molar-refractivity contribution in [2.24, 2.45) is 5.92 Å². The van der Waals surface area contributed by atoms with E-state index in [0.29, 0.717) is 29.0 Å². The van der Waals surface area contributed by atoms with Gasteiger partial charge in [-0.3, -0.25) is 10.1 Å². The lowest BCUT2D eigenvalue weighted by molar-refractivity contribution is -0.385. The van der Waals surface area contributed by atoms with E-state index < -0.39 is 0 Å². The van der Waals surface area contributed by atoms with Crippen LogP contribution >= 0.6 is 11.6 Å². The van der Waals surface area contributed by atoms with Crippen LogP contribution in [0.2, 0.25) is 5.02 Å². The van der Waals surface area contributed by atoms with Crippen molar-refractivity contribution in [3.8, 4) is 0 Å². The molecule has 1 aliphatic carbocycles. The highest BCUT2D eigenvalue weighted by molar-refractivity contribution is 6.31. The SMILES string of the molecule is CNC1CCCCC1Cc1c(Cl)cccc1[N+](=O)[O-]. The number of nitro groups is 1. The normalized spacial score (nSPS) is 23.3. The summed E-state index contributed by atoms with van der Waals surface area (Å²) in [4.78, 5) is 10.8. The molecule has 19 heavy (non-hydrogen) atoms. The second kappa shape index (κ2) is 6.35. The lowest BCUT2D eigenvalue weighted by atomic mass is 9.80. The Morgan fingerprint density at radius 3 is 2.84 bits per heavy atom. The van der Waals surface area contributed by atoms with E-state index in [1.54, 1.807) is 18.2 Å². The van der Waals surface area contributed by atoms with E-state index in [2.05, 4.69) is 5.32 Å². The Hall–Kier alpha value is -1.13. The van der Waals surface area contributed by atoms with Gasteiger partial charge in [0.25, 0.3) is 5.69 Å². The van der Waals surface area contributed by atoms with Gasteiger partial charge in [0.15, 0.2) is 0 Å². The Morgan fingerprint density at radius 1 is 1.42 bits per heavy atom. The monoisotopic (exact) mass is 282 g/mol. The third-order valence-corrected chi connectivity index (χ3v) is 4.39. The van der Waals surface area contributed by atoms with E-state index in [0.717, 1.165) is 12.8 Å². The molecule has 2 atom stereocenters. The number of nitro benzene ring substituents is 1. The molecule has 0 spiro atoms. The maximum absolute atomic E-state index is 11.1. The van der Waals surface area contributed by atoms with E-state index >= 15 is 0 Å². The molecule has 0 bridgehead atoms. The van der Waals surface area contributed by atoms with Gasteiger partial charge in [0.05, 0.1) is 9.95 Å². The molecule has 1 saturated carbocycles. The Kier molecular flexibility index (Phi) is 4.77. The molecule has 0 saturated heterocycles. The molecule has 104 valence electrons. The first-order valence-corrected chi connectivity index (χ1v) is 7.10. The van der Waals surface area contributed by atoms with E-state index in [1.165, 1.54) is 12.8 Å². The number of benzene rings is 1. The van der Waals surface area contributed by atoms with Crippen molar-refractivity contribution in [2.75, 3.05) is 7.05 Å². The van der Waals surface area contributed by atoms with Gasteiger partial charge < -0.3 is 5.32 Å². The molecule has 1 aromatic rings. The molecule has 1 N–H and O–H groups in total. The van der Waals surface area contributed by atoms with Crippen LogP contribution in [-0.4, -0.2) is 18.0 Å². The average Bonchev–Trinajstić information content (AvgIpc) is 2.41. The number of hydrogen-bond donors (Lipinski definition) is 1. The second-order valence-electron chi connectivity index (χ2n) is 5.14. The topological polar surface area (TPSA) is 55.2 Å². The molecule has 1 fully saturated rings. The molecule has 0 aromatic heterocycles. The average molecular weight is 283 g/mol. The standard InChI is InChI=1S/C14H19ClN2O2/c1-16-13-7-3-2-5-10(13)9-11-12(15)6-4-8-14(11)17(18)19/h4,6,8,10,13,16H,2-3,5,7,9H2,1H3. The van der Waals surface area contributed by atoms with Crippen LogP contribution in [0.4, 0.5) is 5.69 Å². The summed E-state index contributed by atoms with van der Waals surface area (Å²) in [6.07, 6.45) is 5.35. The predicted octanol–water partition coefficient (Wildman–Crippen LogP) is 3.57. The van der Waals surface area contributed by atoms with Crippen molar-refractivity contribution in [1.82, 2.24) is 5.32 Å². The van der Waals surface area contributed by atoms with Gasteiger partial charge >= 0.3 is 0 Å². The fourth-order valence-electron chi connectivity index (χ4n) is 3.01. The first-order valence-electron chi connectivity index (χ1n) is 6.72. The van der Waals surface area contributed by atoms with Gasteiger partial charge in [-0.15, -0.1) is 0 Å². The zero-order chi connectivity index (χ0) is 13.8. The summed E-state index contributed by atoms with van der Waals surface area (Å²) in [7, 11) is 1.96. The highest BCUT2D eigenvalue weighted by Crippen LogP contribution is 2.33. The minimum atomic E-state index is -0.335. The Labute approximate surface area is 118 Å². The van der Waals surface area contributed by atoms with E-state index in [-0.39, 0.29) is 10.6 Å². The van der Waals surface area contributed by atoms with Gasteiger partial charge in [0.1, 0.15) is 0 Å². The molecule has 5 heteroatoms. The zero-order valence-corrected chi connectivity index (χ0v) is 11.8. The Balaban J connectivity index is 2.24. The van der Waals surface area contributed by atoms with Gasteiger partial charge in [-0.1, -0.05) is 30.5 Å². The van der Waals surface area contributed by atoms with Crippen molar-refractivity contribution in [1.29, 1.82) is 0 Å². The van der Waals surface area contributed by atoms with E-state index in [9.17, 15) is 10.1 Å². The third kappa shape index (κ3) is 3.25. The van der Waals surface area contributed by atoms with Crippen molar-refractivity contribution >= 4 is 17.3 Å². The van der Waals surface area contributed by atoms with Crippen molar-refractivity contribution < 1.29 is 4.92 Å². The van der Waals surface area contributed by atoms with Crippen LogP contribution in [0.5, 0.6) is 0 Å². The summed E-state index contributed by atoms with van der Waals surface area (Å²) in [5, 5.41) is 14.9. The molecule has 0 amide bonds. The van der Waals surface area contributed by atoms with Crippen molar-refractivity contribution in [2.45, 2.75) is 38.1 Å². The molecule has 2 unspecified atom stereocenters. The van der Waals surface area contributed by atoms with Crippen molar-refractivity contribution in [3.05, 3.63) is 38.9 Å².